The Kier molecular flexibility index (Phi) is 83.8. The molecule has 0 bridgehead atoms. The van der Waals surface area contributed by atoms with E-state index in [4.69, 9.17) is 37.0 Å². The molecule has 0 amide bonds. The molecule has 8 atom stereocenters. The number of carbonyl (C=O) groups excluding carboxylic acids is 4. The number of hydrogen-bond donors (Lipinski definition) is 3. The highest BCUT2D eigenvalue weighted by molar-refractivity contribution is 7.47. The number of aliphatic hydroxyl groups is 1. The number of rotatable bonds is 94. The number of ether oxygens (including phenoxy) is 4. The Morgan fingerprint density at radius 2 is 0.414 bits per heavy atom. The maximum absolute atomic E-state index is 13.2. The molecule has 3 N–H and O–H groups in total. The molecule has 0 aliphatic heterocycles. The Balaban J connectivity index is 5.20. The molecule has 19 heteroatoms. The molecule has 0 aromatic carbocycles. The molecule has 690 valence electrons. The Bertz CT molecular complexity index is 2240. The first-order valence-electron chi connectivity index (χ1n) is 49.8. The van der Waals surface area contributed by atoms with Gasteiger partial charge in [-0.05, 0) is 49.4 Å². The lowest BCUT2D eigenvalue weighted by atomic mass is 9.99. The second-order valence-electron chi connectivity index (χ2n) is 36.0. The Morgan fingerprint density at radius 1 is 0.241 bits per heavy atom. The summed E-state index contributed by atoms with van der Waals surface area (Å²) in [6.45, 7) is 14.5. The van der Waals surface area contributed by atoms with E-state index in [0.29, 0.717) is 31.6 Å². The van der Waals surface area contributed by atoms with E-state index in [1.807, 2.05) is 0 Å². The second kappa shape index (κ2) is 85.2. The first kappa shape index (κ1) is 114. The van der Waals surface area contributed by atoms with Crippen LogP contribution in [0.15, 0.2) is 0 Å². The molecule has 0 heterocycles. The highest BCUT2D eigenvalue weighted by atomic mass is 31.2. The fourth-order valence-electron chi connectivity index (χ4n) is 15.2. The second-order valence-corrected chi connectivity index (χ2v) is 38.9. The molecule has 0 aliphatic rings. The molecule has 0 radical (unpaired) electrons. The van der Waals surface area contributed by atoms with Crippen molar-refractivity contribution in [3.8, 4) is 0 Å². The Labute approximate surface area is 715 Å². The van der Waals surface area contributed by atoms with Gasteiger partial charge in [0.15, 0.2) is 12.2 Å². The lowest BCUT2D eigenvalue weighted by Gasteiger charge is -2.21. The molecule has 0 aromatic heterocycles. The molecule has 0 aliphatic carbocycles. The van der Waals surface area contributed by atoms with Crippen molar-refractivity contribution in [1.29, 1.82) is 0 Å². The summed E-state index contributed by atoms with van der Waals surface area (Å²) in [7, 11) is -9.94. The molecule has 0 fully saturated rings. The first-order chi connectivity index (χ1) is 56.2. The summed E-state index contributed by atoms with van der Waals surface area (Å²) in [5.74, 6) is 1.22. The number of esters is 4. The topological polar surface area (TPSA) is 237 Å². The zero-order chi connectivity index (χ0) is 85.2. The van der Waals surface area contributed by atoms with Crippen molar-refractivity contribution in [1.82, 2.24) is 0 Å². The molecule has 0 saturated carbocycles. The molecule has 0 rings (SSSR count). The summed E-state index contributed by atoms with van der Waals surface area (Å²) in [4.78, 5) is 73.6. The van der Waals surface area contributed by atoms with Crippen molar-refractivity contribution >= 4 is 39.5 Å². The number of phosphoric ester groups is 2. The van der Waals surface area contributed by atoms with E-state index < -0.39 is 97.5 Å². The highest BCUT2D eigenvalue weighted by Gasteiger charge is 2.31. The maximum Gasteiger partial charge on any atom is 0.472 e. The summed E-state index contributed by atoms with van der Waals surface area (Å²) in [6, 6.07) is 0. The molecule has 0 aromatic rings. The minimum atomic E-state index is -4.97. The van der Waals surface area contributed by atoms with E-state index >= 15 is 0 Å². The molecule has 17 nitrogen and oxygen atoms in total. The lowest BCUT2D eigenvalue weighted by molar-refractivity contribution is -0.161. The van der Waals surface area contributed by atoms with Crippen molar-refractivity contribution < 1.29 is 80.2 Å². The van der Waals surface area contributed by atoms with Crippen molar-refractivity contribution in [2.45, 2.75) is 536 Å². The maximum atomic E-state index is 13.2. The van der Waals surface area contributed by atoms with Crippen LogP contribution in [-0.2, 0) is 65.4 Å². The SMILES string of the molecule is CCC(C)CCCCCCCCCCCCCCCCCCCCC(=O)OC[C@H](COP(=O)(O)OCC(O)COP(=O)(O)OC[C@@H](COC(=O)CCCCCCCCCC(C)C)OC(=O)CCCCCCCCCCCCCCCCCCCCC(C)CC)OC(=O)CCCCCCCCCCCCCCCCCCCCC(C)CC. The van der Waals surface area contributed by atoms with Gasteiger partial charge in [0.1, 0.15) is 19.3 Å². The van der Waals surface area contributed by atoms with Crippen molar-refractivity contribution in [2.24, 2.45) is 23.7 Å². The third-order valence-electron chi connectivity index (χ3n) is 23.9. The average Bonchev–Trinajstić information content (AvgIpc) is 0.896. The zero-order valence-corrected chi connectivity index (χ0v) is 78.9. The Hall–Kier alpha value is -1.94. The van der Waals surface area contributed by atoms with Gasteiger partial charge in [-0.2, -0.15) is 0 Å². The van der Waals surface area contributed by atoms with Crippen LogP contribution in [0.4, 0.5) is 0 Å². The van der Waals surface area contributed by atoms with E-state index in [1.54, 1.807) is 0 Å². The largest absolute Gasteiger partial charge is 0.472 e. The van der Waals surface area contributed by atoms with Crippen LogP contribution >= 0.6 is 15.6 Å². The number of hydrogen-bond acceptors (Lipinski definition) is 15. The third-order valence-corrected chi connectivity index (χ3v) is 25.8. The summed E-state index contributed by atoms with van der Waals surface area (Å²) in [5, 5.41) is 10.7. The van der Waals surface area contributed by atoms with Crippen LogP contribution in [0.1, 0.15) is 518 Å². The van der Waals surface area contributed by atoms with Gasteiger partial charge in [0.2, 0.25) is 0 Å². The first-order valence-corrected chi connectivity index (χ1v) is 52.8. The minimum Gasteiger partial charge on any atom is -0.462 e. The number of phosphoric acid groups is 2. The van der Waals surface area contributed by atoms with E-state index in [2.05, 4.69) is 55.4 Å². The third kappa shape index (κ3) is 85.6. The summed E-state index contributed by atoms with van der Waals surface area (Å²) < 4.78 is 69.2. The standard InChI is InChI=1S/C97H190O17P2/c1-9-88(6)74-66-58-50-42-36-30-24-18-12-15-21-27-33-39-45-53-61-69-77-94(99)107-83-92(113-96(101)79-71-63-54-46-40-34-28-22-16-13-19-25-31-37-43-51-59-67-75-89(7)10-2)85-111-115(103,104)109-81-91(98)82-110-116(105,106)112-86-93(84-108-95(100)78-70-62-56-48-49-57-65-73-87(4)5)114-97(102)80-72-64-55-47-41-35-29-23-17-14-20-26-32-38-44-52-60-68-76-90(8)11-3/h87-93,98H,9-86H2,1-8H3,(H,103,104)(H,105,106)/t88?,89?,90?,91?,92-,93-/m1/s1. The van der Waals surface area contributed by atoms with Crippen LogP contribution in [0.5, 0.6) is 0 Å². The van der Waals surface area contributed by atoms with Crippen LogP contribution in [-0.4, -0.2) is 96.7 Å². The van der Waals surface area contributed by atoms with Crippen molar-refractivity contribution in [2.75, 3.05) is 39.6 Å². The number of aliphatic hydroxyl groups excluding tert-OH is 1. The zero-order valence-electron chi connectivity index (χ0n) is 77.1. The van der Waals surface area contributed by atoms with E-state index in [0.717, 1.165) is 114 Å². The van der Waals surface area contributed by atoms with Gasteiger partial charge in [-0.15, -0.1) is 0 Å². The van der Waals surface area contributed by atoms with Crippen LogP contribution in [0.3, 0.4) is 0 Å². The monoisotopic (exact) mass is 1690 g/mol. The predicted octanol–water partition coefficient (Wildman–Crippen LogP) is 30.2. The number of carbonyl (C=O) groups is 4. The van der Waals surface area contributed by atoms with E-state index in [9.17, 15) is 43.2 Å². The quantitative estimate of drug-likeness (QED) is 0.0222. The van der Waals surface area contributed by atoms with E-state index in [-0.39, 0.29) is 25.7 Å². The van der Waals surface area contributed by atoms with Gasteiger partial charge in [-0.25, -0.2) is 9.13 Å². The molecule has 0 spiro atoms. The number of unbranched alkanes of at least 4 members (excludes halogenated alkanes) is 57. The van der Waals surface area contributed by atoms with E-state index in [1.165, 1.54) is 315 Å². The molecule has 6 unspecified atom stereocenters. The van der Waals surface area contributed by atoms with Crippen LogP contribution < -0.4 is 0 Å². The van der Waals surface area contributed by atoms with Crippen LogP contribution in [0.2, 0.25) is 0 Å². The highest BCUT2D eigenvalue weighted by Crippen LogP contribution is 2.45. The van der Waals surface area contributed by atoms with Crippen molar-refractivity contribution in [3.05, 3.63) is 0 Å². The summed E-state index contributed by atoms with van der Waals surface area (Å²) in [6.07, 6.45) is 79.4. The van der Waals surface area contributed by atoms with Gasteiger partial charge >= 0.3 is 39.5 Å². The summed E-state index contributed by atoms with van der Waals surface area (Å²) in [5.41, 5.74) is 0. The Morgan fingerprint density at radius 3 is 0.612 bits per heavy atom. The lowest BCUT2D eigenvalue weighted by Crippen LogP contribution is -2.30. The van der Waals surface area contributed by atoms with Gasteiger partial charge < -0.3 is 33.8 Å². The fraction of sp³-hybridized carbons (Fsp3) is 0.959. The average molecular weight is 1690 g/mol. The predicted molar refractivity (Wildman–Crippen MR) is 483 cm³/mol. The molecular formula is C97H190O17P2. The van der Waals surface area contributed by atoms with Gasteiger partial charge in [-0.3, -0.25) is 37.3 Å². The van der Waals surface area contributed by atoms with Crippen LogP contribution in [0, 0.1) is 23.7 Å². The molecular weight excluding hydrogens is 1500 g/mol. The molecule has 0 saturated heterocycles. The van der Waals surface area contributed by atoms with Crippen molar-refractivity contribution in [3.63, 3.8) is 0 Å². The van der Waals surface area contributed by atoms with Crippen LogP contribution in [0.25, 0.3) is 0 Å². The normalized spacial score (nSPS) is 14.4. The summed E-state index contributed by atoms with van der Waals surface area (Å²) >= 11 is 0. The fourth-order valence-corrected chi connectivity index (χ4v) is 16.7. The van der Waals surface area contributed by atoms with Gasteiger partial charge in [0, 0.05) is 25.7 Å². The minimum absolute atomic E-state index is 0.108. The molecule has 116 heavy (non-hydrogen) atoms. The van der Waals surface area contributed by atoms with Gasteiger partial charge in [0.25, 0.3) is 0 Å². The van der Waals surface area contributed by atoms with Gasteiger partial charge in [0.05, 0.1) is 26.4 Å². The van der Waals surface area contributed by atoms with Gasteiger partial charge in [-0.1, -0.05) is 466 Å². The smallest absolute Gasteiger partial charge is 0.462 e.